The highest BCUT2D eigenvalue weighted by Crippen LogP contribution is 2.18. The molecule has 0 aliphatic rings. The number of halogens is 1. The monoisotopic (exact) mass is 387 g/mol. The summed E-state index contributed by atoms with van der Waals surface area (Å²) >= 11 is 5.82. The highest BCUT2D eigenvalue weighted by molar-refractivity contribution is 6.29. The van der Waals surface area contributed by atoms with E-state index >= 15 is 0 Å². The Kier molecular flexibility index (Phi) is 8.55. The highest BCUT2D eigenvalue weighted by Gasteiger charge is 2.14. The number of aromatic nitrogens is 1. The Hall–Kier alpha value is -2.11. The van der Waals surface area contributed by atoms with Crippen LogP contribution in [0.15, 0.2) is 47.6 Å². The molecule has 1 aromatic carbocycles. The van der Waals surface area contributed by atoms with Gasteiger partial charge < -0.3 is 15.5 Å². The fourth-order valence-electron chi connectivity index (χ4n) is 2.87. The Balaban J connectivity index is 1.86. The molecule has 0 fully saturated rings. The van der Waals surface area contributed by atoms with Gasteiger partial charge in [0.05, 0.1) is 6.04 Å². The molecular weight excluding hydrogens is 358 g/mol. The molecule has 0 amide bonds. The predicted molar refractivity (Wildman–Crippen MR) is 115 cm³/mol. The van der Waals surface area contributed by atoms with E-state index in [2.05, 4.69) is 70.8 Å². The molecule has 0 saturated carbocycles. The molecule has 2 N–H and O–H groups in total. The van der Waals surface area contributed by atoms with Crippen LogP contribution in [0.25, 0.3) is 0 Å². The van der Waals surface area contributed by atoms with Crippen molar-refractivity contribution in [1.82, 2.24) is 20.5 Å². The molecule has 6 heteroatoms. The predicted octanol–water partition coefficient (Wildman–Crippen LogP) is 3.31. The van der Waals surface area contributed by atoms with Crippen LogP contribution in [-0.4, -0.2) is 50.1 Å². The fourth-order valence-corrected chi connectivity index (χ4v) is 2.98. The lowest BCUT2D eigenvalue weighted by molar-refractivity contribution is 0.298. The van der Waals surface area contributed by atoms with Gasteiger partial charge in [0.15, 0.2) is 5.96 Å². The van der Waals surface area contributed by atoms with E-state index in [-0.39, 0.29) is 6.04 Å². The van der Waals surface area contributed by atoms with Crippen LogP contribution in [0.3, 0.4) is 0 Å². The largest absolute Gasteiger partial charge is 0.356 e. The summed E-state index contributed by atoms with van der Waals surface area (Å²) in [5.41, 5.74) is 3.80. The molecule has 146 valence electrons. The summed E-state index contributed by atoms with van der Waals surface area (Å²) in [5.74, 6) is 0.800. The third-order valence-corrected chi connectivity index (χ3v) is 4.80. The zero-order chi connectivity index (χ0) is 19.6. The van der Waals surface area contributed by atoms with Crippen molar-refractivity contribution in [3.05, 3.63) is 64.4 Å². The maximum absolute atomic E-state index is 5.82. The lowest BCUT2D eigenvalue weighted by atomic mass is 10.0. The maximum atomic E-state index is 5.82. The van der Waals surface area contributed by atoms with Gasteiger partial charge in [-0.1, -0.05) is 48.9 Å². The fraction of sp³-hybridized carbons (Fsp3) is 0.429. The zero-order valence-electron chi connectivity index (χ0n) is 16.7. The molecule has 0 radical (unpaired) electrons. The minimum absolute atomic E-state index is 0.273. The third kappa shape index (κ3) is 6.85. The van der Waals surface area contributed by atoms with Crippen LogP contribution in [0.4, 0.5) is 0 Å². The molecule has 0 aliphatic carbocycles. The first-order valence-corrected chi connectivity index (χ1v) is 9.71. The first kappa shape index (κ1) is 21.2. The lowest BCUT2D eigenvalue weighted by Gasteiger charge is -2.26. The number of nitrogens with one attached hydrogen (secondary N) is 2. The summed E-state index contributed by atoms with van der Waals surface area (Å²) < 4.78 is 0. The molecule has 1 unspecified atom stereocenters. The number of aryl methyl sites for hydroxylation is 1. The van der Waals surface area contributed by atoms with Gasteiger partial charge in [0.1, 0.15) is 5.15 Å². The second-order valence-corrected chi connectivity index (χ2v) is 7.08. The number of pyridine rings is 1. The van der Waals surface area contributed by atoms with Crippen LogP contribution in [0.1, 0.15) is 29.7 Å². The normalized spacial score (nSPS) is 12.9. The quantitative estimate of drug-likeness (QED) is 0.414. The number of nitrogens with zero attached hydrogens (tertiary/aromatic N) is 3. The second kappa shape index (κ2) is 10.9. The van der Waals surface area contributed by atoms with Crippen molar-refractivity contribution in [3.8, 4) is 0 Å². The van der Waals surface area contributed by atoms with Gasteiger partial charge >= 0.3 is 0 Å². The van der Waals surface area contributed by atoms with Gasteiger partial charge in [-0.05, 0) is 49.7 Å². The van der Waals surface area contributed by atoms with Crippen molar-refractivity contribution in [2.75, 3.05) is 34.2 Å². The number of aliphatic imine (C=N–C) groups is 1. The summed E-state index contributed by atoms with van der Waals surface area (Å²) in [5, 5.41) is 7.31. The molecular formula is C21H30ClN5. The van der Waals surface area contributed by atoms with E-state index in [0.717, 1.165) is 37.5 Å². The van der Waals surface area contributed by atoms with Crippen LogP contribution < -0.4 is 10.6 Å². The molecule has 1 atom stereocenters. The van der Waals surface area contributed by atoms with Crippen LogP contribution in [0.5, 0.6) is 0 Å². The average molecular weight is 388 g/mol. The molecule has 0 aliphatic heterocycles. The van der Waals surface area contributed by atoms with E-state index in [4.69, 9.17) is 11.6 Å². The summed E-state index contributed by atoms with van der Waals surface area (Å²) in [7, 11) is 5.99. The number of benzene rings is 1. The van der Waals surface area contributed by atoms with Gasteiger partial charge in [0.25, 0.3) is 0 Å². The SMILES string of the molecule is CCc1ccc(C(CNC(=NC)NCCc2ccc(Cl)nc2)N(C)C)cc1. The smallest absolute Gasteiger partial charge is 0.191 e. The van der Waals surface area contributed by atoms with Gasteiger partial charge in [-0.2, -0.15) is 0 Å². The van der Waals surface area contributed by atoms with E-state index in [9.17, 15) is 0 Å². The minimum Gasteiger partial charge on any atom is -0.356 e. The van der Waals surface area contributed by atoms with Crippen molar-refractivity contribution in [3.63, 3.8) is 0 Å². The van der Waals surface area contributed by atoms with E-state index < -0.39 is 0 Å². The summed E-state index contributed by atoms with van der Waals surface area (Å²) in [4.78, 5) is 10.7. The van der Waals surface area contributed by atoms with Gasteiger partial charge in [-0.15, -0.1) is 0 Å². The van der Waals surface area contributed by atoms with E-state index in [1.165, 1.54) is 11.1 Å². The number of rotatable bonds is 8. The minimum atomic E-state index is 0.273. The molecule has 1 aromatic heterocycles. The lowest BCUT2D eigenvalue weighted by Crippen LogP contribution is -2.42. The van der Waals surface area contributed by atoms with E-state index in [1.807, 2.05) is 18.3 Å². The Morgan fingerprint density at radius 3 is 2.37 bits per heavy atom. The number of hydrogen-bond donors (Lipinski definition) is 2. The standard InChI is InChI=1S/C21H30ClN5/c1-5-16-6-9-18(10-7-16)19(27(3)4)15-26-21(23-2)24-13-12-17-8-11-20(22)25-14-17/h6-11,14,19H,5,12-13,15H2,1-4H3,(H2,23,24,26). The average Bonchev–Trinajstić information content (AvgIpc) is 2.68. The Morgan fingerprint density at radius 1 is 1.11 bits per heavy atom. The van der Waals surface area contributed by atoms with Crippen molar-refractivity contribution < 1.29 is 0 Å². The molecule has 27 heavy (non-hydrogen) atoms. The van der Waals surface area contributed by atoms with Crippen molar-refractivity contribution in [2.45, 2.75) is 25.8 Å². The molecule has 5 nitrogen and oxygen atoms in total. The Labute approximate surface area is 167 Å². The van der Waals surface area contributed by atoms with Crippen LogP contribution in [0, 0.1) is 0 Å². The molecule has 0 saturated heterocycles. The van der Waals surface area contributed by atoms with Crippen LogP contribution >= 0.6 is 11.6 Å². The summed E-state index contributed by atoms with van der Waals surface area (Å²) in [6.07, 6.45) is 3.73. The second-order valence-electron chi connectivity index (χ2n) is 6.69. The number of guanidine groups is 1. The first-order chi connectivity index (χ1) is 13.0. The van der Waals surface area contributed by atoms with Crippen molar-refractivity contribution in [2.24, 2.45) is 4.99 Å². The van der Waals surface area contributed by atoms with Crippen molar-refractivity contribution >= 4 is 17.6 Å². The maximum Gasteiger partial charge on any atom is 0.191 e. The molecule has 1 heterocycles. The number of likely N-dealkylation sites (N-methyl/N-ethyl adjacent to an activating group) is 1. The van der Waals surface area contributed by atoms with Crippen LogP contribution in [-0.2, 0) is 12.8 Å². The van der Waals surface area contributed by atoms with Crippen LogP contribution in [0.2, 0.25) is 5.15 Å². The highest BCUT2D eigenvalue weighted by atomic mass is 35.5. The molecule has 2 aromatic rings. The summed E-state index contributed by atoms with van der Waals surface area (Å²) in [6.45, 7) is 3.73. The van der Waals surface area contributed by atoms with Gasteiger partial charge in [-0.3, -0.25) is 4.99 Å². The Bertz CT molecular complexity index is 710. The molecule has 0 bridgehead atoms. The summed E-state index contributed by atoms with van der Waals surface area (Å²) in [6, 6.07) is 12.9. The third-order valence-electron chi connectivity index (χ3n) is 4.58. The van der Waals surface area contributed by atoms with Gasteiger partial charge in [-0.25, -0.2) is 4.98 Å². The zero-order valence-corrected chi connectivity index (χ0v) is 17.4. The molecule has 2 rings (SSSR count). The topological polar surface area (TPSA) is 52.6 Å². The van der Waals surface area contributed by atoms with Gasteiger partial charge in [0, 0.05) is 26.3 Å². The number of hydrogen-bond acceptors (Lipinski definition) is 3. The Morgan fingerprint density at radius 2 is 1.81 bits per heavy atom. The van der Waals surface area contributed by atoms with E-state index in [0.29, 0.717) is 5.15 Å². The molecule has 0 spiro atoms. The van der Waals surface area contributed by atoms with Crippen molar-refractivity contribution in [1.29, 1.82) is 0 Å². The first-order valence-electron chi connectivity index (χ1n) is 9.33. The van der Waals surface area contributed by atoms with Gasteiger partial charge in [0.2, 0.25) is 0 Å². The van der Waals surface area contributed by atoms with E-state index in [1.54, 1.807) is 7.05 Å².